The van der Waals surface area contributed by atoms with Crippen molar-refractivity contribution in [2.24, 2.45) is 0 Å². The number of ether oxygens (including phenoxy) is 2. The van der Waals surface area contributed by atoms with Crippen molar-refractivity contribution in [1.82, 2.24) is 9.97 Å². The summed E-state index contributed by atoms with van der Waals surface area (Å²) in [5, 5.41) is -0.583. The Morgan fingerprint density at radius 2 is 2.00 bits per heavy atom. The molecule has 0 unspecified atom stereocenters. The van der Waals surface area contributed by atoms with E-state index in [9.17, 15) is 9.18 Å². The standard InChI is InChI=1S/C14H12Cl2FN3O3/c1-7(14(21)22-6-8-2-4-19-5-3-8)23-13-10(16)11(18)9(15)12(17)20-13/h2-5,7H,6H2,1H3,(H2,18,20)/t7-/m1/s1. The monoisotopic (exact) mass is 359 g/mol. The lowest BCUT2D eigenvalue weighted by Gasteiger charge is -2.15. The molecule has 2 heterocycles. The highest BCUT2D eigenvalue weighted by atomic mass is 35.5. The van der Waals surface area contributed by atoms with Crippen molar-refractivity contribution in [3.05, 3.63) is 46.1 Å². The molecule has 23 heavy (non-hydrogen) atoms. The van der Waals surface area contributed by atoms with E-state index in [1.807, 2.05) is 0 Å². The summed E-state index contributed by atoms with van der Waals surface area (Å²) in [5.74, 6) is -2.05. The fraction of sp³-hybridized carbons (Fsp3) is 0.214. The average molecular weight is 360 g/mol. The van der Waals surface area contributed by atoms with Crippen molar-refractivity contribution in [2.45, 2.75) is 19.6 Å². The van der Waals surface area contributed by atoms with E-state index in [1.54, 1.807) is 24.5 Å². The molecule has 0 aliphatic rings. The van der Waals surface area contributed by atoms with Gasteiger partial charge in [0.25, 0.3) is 0 Å². The molecule has 2 aromatic rings. The van der Waals surface area contributed by atoms with E-state index in [0.717, 1.165) is 5.56 Å². The summed E-state index contributed by atoms with van der Waals surface area (Å²) in [6, 6.07) is 3.40. The van der Waals surface area contributed by atoms with Crippen molar-refractivity contribution in [2.75, 3.05) is 5.73 Å². The Morgan fingerprint density at radius 1 is 1.35 bits per heavy atom. The molecule has 0 saturated carbocycles. The zero-order chi connectivity index (χ0) is 17.0. The van der Waals surface area contributed by atoms with Crippen LogP contribution in [0.5, 0.6) is 5.88 Å². The fourth-order valence-electron chi connectivity index (χ4n) is 1.55. The van der Waals surface area contributed by atoms with Crippen LogP contribution in [0, 0.1) is 5.95 Å². The summed E-state index contributed by atoms with van der Waals surface area (Å²) in [6.45, 7) is 1.46. The van der Waals surface area contributed by atoms with Gasteiger partial charge >= 0.3 is 5.97 Å². The SMILES string of the molecule is C[C@@H](Oc1nc(F)c(Cl)c(N)c1Cl)C(=O)OCc1ccncc1. The molecule has 0 amide bonds. The van der Waals surface area contributed by atoms with Gasteiger partial charge in [-0.1, -0.05) is 23.2 Å². The van der Waals surface area contributed by atoms with E-state index in [0.29, 0.717) is 0 Å². The highest BCUT2D eigenvalue weighted by Gasteiger charge is 2.22. The fourth-order valence-corrected chi connectivity index (χ4v) is 1.92. The smallest absolute Gasteiger partial charge is 0.347 e. The highest BCUT2D eigenvalue weighted by Crippen LogP contribution is 2.35. The third-order valence-corrected chi connectivity index (χ3v) is 3.52. The molecule has 122 valence electrons. The molecule has 0 bridgehead atoms. The van der Waals surface area contributed by atoms with Gasteiger partial charge in [0.2, 0.25) is 11.8 Å². The normalized spacial score (nSPS) is 11.8. The number of carbonyl (C=O) groups is 1. The Hall–Kier alpha value is -2.12. The van der Waals surface area contributed by atoms with Crippen LogP contribution in [0.1, 0.15) is 12.5 Å². The summed E-state index contributed by atoms with van der Waals surface area (Å²) in [7, 11) is 0. The van der Waals surface area contributed by atoms with Gasteiger partial charge in [-0.05, 0) is 24.6 Å². The molecule has 6 nitrogen and oxygen atoms in total. The second-order valence-electron chi connectivity index (χ2n) is 4.47. The number of nitrogens with zero attached hydrogens (tertiary/aromatic N) is 2. The van der Waals surface area contributed by atoms with Gasteiger partial charge in [0, 0.05) is 12.4 Å². The number of aromatic nitrogens is 2. The molecule has 0 aromatic carbocycles. The number of nitrogens with two attached hydrogens (primary N) is 1. The largest absolute Gasteiger partial charge is 0.461 e. The third-order valence-electron chi connectivity index (χ3n) is 2.79. The second-order valence-corrected chi connectivity index (χ2v) is 5.23. The van der Waals surface area contributed by atoms with E-state index in [-0.39, 0.29) is 23.2 Å². The molecular formula is C14H12Cl2FN3O3. The van der Waals surface area contributed by atoms with Gasteiger partial charge < -0.3 is 15.2 Å². The number of nitrogen functional groups attached to an aromatic ring is 1. The van der Waals surface area contributed by atoms with Gasteiger partial charge in [-0.3, -0.25) is 4.98 Å². The first-order valence-electron chi connectivity index (χ1n) is 6.42. The van der Waals surface area contributed by atoms with E-state index >= 15 is 0 Å². The second kappa shape index (κ2) is 7.43. The lowest BCUT2D eigenvalue weighted by molar-refractivity contribution is -0.152. The molecule has 0 radical (unpaired) electrons. The van der Waals surface area contributed by atoms with Crippen molar-refractivity contribution in [1.29, 1.82) is 0 Å². The first kappa shape index (κ1) is 17.2. The van der Waals surface area contributed by atoms with E-state index in [2.05, 4.69) is 9.97 Å². The number of carbonyl (C=O) groups excluding carboxylic acids is 1. The molecular weight excluding hydrogens is 348 g/mol. The van der Waals surface area contributed by atoms with Crippen molar-refractivity contribution in [3.63, 3.8) is 0 Å². The Bertz CT molecular complexity index is 716. The number of esters is 1. The number of hydrogen-bond donors (Lipinski definition) is 1. The molecule has 1 atom stereocenters. The molecule has 0 saturated heterocycles. The van der Waals surface area contributed by atoms with E-state index < -0.39 is 23.0 Å². The lowest BCUT2D eigenvalue weighted by Crippen LogP contribution is -2.26. The Labute approximate surface area is 141 Å². The zero-order valence-corrected chi connectivity index (χ0v) is 13.4. The minimum absolute atomic E-state index is 0.0489. The van der Waals surface area contributed by atoms with Crippen LogP contribution < -0.4 is 10.5 Å². The van der Waals surface area contributed by atoms with Gasteiger partial charge in [0.1, 0.15) is 16.7 Å². The number of rotatable bonds is 5. The summed E-state index contributed by atoms with van der Waals surface area (Å²) in [5.41, 5.74) is 6.07. The zero-order valence-electron chi connectivity index (χ0n) is 11.9. The maximum atomic E-state index is 13.5. The minimum atomic E-state index is -1.07. The molecule has 0 aliphatic carbocycles. The van der Waals surface area contributed by atoms with E-state index in [1.165, 1.54) is 6.92 Å². The van der Waals surface area contributed by atoms with Crippen LogP contribution in [-0.2, 0) is 16.1 Å². The Balaban J connectivity index is 2.01. The topological polar surface area (TPSA) is 87.3 Å². The van der Waals surface area contributed by atoms with Crippen molar-refractivity contribution < 1.29 is 18.7 Å². The summed E-state index contributed by atoms with van der Waals surface area (Å²) < 4.78 is 23.7. The molecule has 0 spiro atoms. The number of anilines is 1. The summed E-state index contributed by atoms with van der Waals surface area (Å²) >= 11 is 11.4. The predicted molar refractivity (Wildman–Crippen MR) is 82.8 cm³/mol. The number of hydrogen-bond acceptors (Lipinski definition) is 6. The lowest BCUT2D eigenvalue weighted by atomic mass is 10.3. The van der Waals surface area contributed by atoms with Gasteiger partial charge in [0.15, 0.2) is 6.10 Å². The molecule has 2 N–H and O–H groups in total. The number of halogens is 3. The summed E-state index contributed by atoms with van der Waals surface area (Å²) in [6.07, 6.45) is 2.08. The van der Waals surface area contributed by atoms with Gasteiger partial charge in [-0.25, -0.2) is 4.79 Å². The molecule has 0 fully saturated rings. The molecule has 2 rings (SSSR count). The van der Waals surface area contributed by atoms with Crippen LogP contribution in [0.3, 0.4) is 0 Å². The number of pyridine rings is 2. The molecule has 9 heteroatoms. The maximum absolute atomic E-state index is 13.5. The quantitative estimate of drug-likeness (QED) is 0.652. The van der Waals surface area contributed by atoms with Crippen LogP contribution in [0.2, 0.25) is 10.0 Å². The van der Waals surface area contributed by atoms with Crippen LogP contribution in [0.25, 0.3) is 0 Å². The van der Waals surface area contributed by atoms with E-state index in [4.69, 9.17) is 38.4 Å². The maximum Gasteiger partial charge on any atom is 0.347 e. The van der Waals surface area contributed by atoms with Crippen LogP contribution in [0.4, 0.5) is 10.1 Å². The third kappa shape index (κ3) is 4.20. The van der Waals surface area contributed by atoms with Crippen molar-refractivity contribution in [3.8, 4) is 5.88 Å². The highest BCUT2D eigenvalue weighted by molar-refractivity contribution is 6.39. The molecule has 2 aromatic heterocycles. The van der Waals surface area contributed by atoms with Gasteiger partial charge in [-0.15, -0.1) is 0 Å². The average Bonchev–Trinajstić information content (AvgIpc) is 2.56. The molecule has 0 aliphatic heterocycles. The van der Waals surface area contributed by atoms with Crippen LogP contribution in [0.15, 0.2) is 24.5 Å². The Morgan fingerprint density at radius 3 is 2.65 bits per heavy atom. The first-order valence-corrected chi connectivity index (χ1v) is 7.18. The van der Waals surface area contributed by atoms with Crippen LogP contribution in [-0.4, -0.2) is 22.0 Å². The van der Waals surface area contributed by atoms with Crippen LogP contribution >= 0.6 is 23.2 Å². The Kier molecular flexibility index (Phi) is 5.57. The van der Waals surface area contributed by atoms with Gasteiger partial charge in [-0.2, -0.15) is 9.37 Å². The minimum Gasteiger partial charge on any atom is -0.461 e. The summed E-state index contributed by atoms with van der Waals surface area (Å²) in [4.78, 5) is 19.2. The first-order chi connectivity index (χ1) is 10.9. The predicted octanol–water partition coefficient (Wildman–Crippen LogP) is 3.02. The van der Waals surface area contributed by atoms with Gasteiger partial charge in [0.05, 0.1) is 5.69 Å². The van der Waals surface area contributed by atoms with Crippen molar-refractivity contribution >= 4 is 34.9 Å².